The Morgan fingerprint density at radius 1 is 1.40 bits per heavy atom. The van der Waals surface area contributed by atoms with E-state index in [1.165, 1.54) is 0 Å². The molecule has 27 valence electrons. The molecule has 0 heterocycles. The maximum absolute atomic E-state index is 8.67. The molecule has 0 bridgehead atoms. The van der Waals surface area contributed by atoms with E-state index in [9.17, 15) is 0 Å². The summed E-state index contributed by atoms with van der Waals surface area (Å²) in [5.74, 6) is 0. The second kappa shape index (κ2) is 5.67. The molecule has 2 N–H and O–H groups in total. The Morgan fingerprint density at radius 3 is 1.40 bits per heavy atom. The van der Waals surface area contributed by atoms with Crippen LogP contribution in [0, 0.1) is 49.9 Å². The Morgan fingerprint density at radius 2 is 1.40 bits per heavy atom. The summed E-state index contributed by atoms with van der Waals surface area (Å²) in [4.78, 5) is 0. The zero-order valence-corrected chi connectivity index (χ0v) is 11.7. The van der Waals surface area contributed by atoms with Crippen LogP contribution in [0.5, 0.6) is 0 Å². The molecule has 0 rings (SSSR count). The molecule has 0 aliphatic carbocycles. The standard InChI is InChI=1S/Fr.H2O3S/c;1-4(2)3/h;(H2,1,2,3). The van der Waals surface area contributed by atoms with Crippen molar-refractivity contribution in [2.75, 3.05) is 0 Å². The summed E-state index contributed by atoms with van der Waals surface area (Å²) >= 11 is -2.61. The average Bonchev–Trinajstić information content (AvgIpc) is 0.811. The molecule has 5 heavy (non-hydrogen) atoms. The van der Waals surface area contributed by atoms with E-state index < -0.39 is 11.4 Å². The molecule has 1 radical (unpaired) electrons. The fourth-order valence-electron chi connectivity index (χ4n) is 0. The minimum atomic E-state index is -2.61. The summed E-state index contributed by atoms with van der Waals surface area (Å²) in [5, 5.41) is 0. The van der Waals surface area contributed by atoms with E-state index in [4.69, 9.17) is 13.3 Å². The van der Waals surface area contributed by atoms with Crippen molar-refractivity contribution >= 4 is 11.4 Å². The van der Waals surface area contributed by atoms with Crippen molar-refractivity contribution < 1.29 is 63.2 Å². The molecule has 0 aromatic heterocycles. The van der Waals surface area contributed by atoms with Gasteiger partial charge in [-0.2, -0.15) is 4.21 Å². The maximum atomic E-state index is 8.67. The molecule has 0 fully saturated rings. The van der Waals surface area contributed by atoms with Crippen molar-refractivity contribution in [3.63, 3.8) is 0 Å². The topological polar surface area (TPSA) is 57.5 Å². The van der Waals surface area contributed by atoms with Crippen LogP contribution in [0.1, 0.15) is 0 Å². The molecule has 0 unspecified atom stereocenters. The van der Waals surface area contributed by atoms with Gasteiger partial charge in [0.15, 0.2) is 0 Å². The van der Waals surface area contributed by atoms with Gasteiger partial charge in [0.1, 0.15) is 0 Å². The van der Waals surface area contributed by atoms with Crippen LogP contribution in [0.15, 0.2) is 0 Å². The molecule has 5 heteroatoms. The van der Waals surface area contributed by atoms with E-state index in [1.54, 1.807) is 0 Å². The van der Waals surface area contributed by atoms with Crippen LogP contribution >= 0.6 is 0 Å². The normalized spacial score (nSPS) is 7.00. The van der Waals surface area contributed by atoms with Gasteiger partial charge in [-0.3, -0.25) is 9.11 Å². The molecule has 3 nitrogen and oxygen atoms in total. The van der Waals surface area contributed by atoms with Crippen LogP contribution in [0.2, 0.25) is 0 Å². The Balaban J connectivity index is 0. The minimum Gasteiger partial charge on any atom is -0.284 e. The predicted molar refractivity (Wildman–Crippen MR) is 13.4 cm³/mol. The number of hydrogen-bond acceptors (Lipinski definition) is 1. The van der Waals surface area contributed by atoms with Crippen molar-refractivity contribution in [2.24, 2.45) is 0 Å². The van der Waals surface area contributed by atoms with Crippen LogP contribution in [0.4, 0.5) is 0 Å². The van der Waals surface area contributed by atoms with Crippen LogP contribution in [0.25, 0.3) is 0 Å². The molecule has 0 aliphatic rings. The molecular formula is H2FrO3S. The summed E-state index contributed by atoms with van der Waals surface area (Å²) < 4.78 is 22.8. The summed E-state index contributed by atoms with van der Waals surface area (Å²) in [7, 11) is 0. The summed E-state index contributed by atoms with van der Waals surface area (Å²) in [6, 6.07) is 0. The van der Waals surface area contributed by atoms with Gasteiger partial charge in [0, 0.05) is 49.9 Å². The Kier molecular flexibility index (Phi) is 11.1. The Labute approximate surface area is 73.3 Å². The third-order valence-electron chi connectivity index (χ3n) is 0. The largest absolute Gasteiger partial charge is 0.299 e. The van der Waals surface area contributed by atoms with E-state index in [-0.39, 0.29) is 49.9 Å². The molecular weight excluding hydrogens is 303 g/mol. The van der Waals surface area contributed by atoms with Crippen LogP contribution in [0.3, 0.4) is 0 Å². The van der Waals surface area contributed by atoms with Gasteiger partial charge in [-0.25, -0.2) is 0 Å². The third-order valence-corrected chi connectivity index (χ3v) is 0. The molecule has 0 aliphatic heterocycles. The van der Waals surface area contributed by atoms with Gasteiger partial charge in [-0.1, -0.05) is 0 Å². The van der Waals surface area contributed by atoms with Crippen LogP contribution in [-0.2, 0) is 11.4 Å². The van der Waals surface area contributed by atoms with E-state index in [0.717, 1.165) is 0 Å². The van der Waals surface area contributed by atoms with Gasteiger partial charge >= 0.3 is 0 Å². The SMILES string of the molecule is O=S(O)O.[Fr]. The van der Waals surface area contributed by atoms with E-state index in [1.807, 2.05) is 0 Å². The fraction of sp³-hybridized carbons (Fsp3) is 0. The van der Waals surface area contributed by atoms with Crippen LogP contribution in [-0.4, -0.2) is 13.3 Å². The maximum Gasteiger partial charge on any atom is 0.299 e. The van der Waals surface area contributed by atoms with Crippen molar-refractivity contribution in [1.82, 2.24) is 0 Å². The molecule has 0 aromatic carbocycles. The Hall–Kier alpha value is 1.67. The van der Waals surface area contributed by atoms with Crippen molar-refractivity contribution in [2.45, 2.75) is 0 Å². The van der Waals surface area contributed by atoms with Gasteiger partial charge in [0.05, 0.1) is 0 Å². The first-order valence-corrected chi connectivity index (χ1v) is 1.60. The first-order chi connectivity index (χ1) is 1.73. The molecule has 0 spiro atoms. The second-order valence-electron chi connectivity index (χ2n) is 0.231. The second-order valence-corrected chi connectivity index (χ2v) is 0.692. The monoisotopic (exact) mass is 305 g/mol. The first-order valence-electron chi connectivity index (χ1n) is 0.532. The molecule has 0 amide bonds. The molecule has 0 atom stereocenters. The smallest absolute Gasteiger partial charge is 0.284 e. The van der Waals surface area contributed by atoms with Gasteiger partial charge in [-0.15, -0.1) is 0 Å². The quantitative estimate of drug-likeness (QED) is 0.603. The molecule has 0 saturated heterocycles. The zero-order chi connectivity index (χ0) is 3.58. The van der Waals surface area contributed by atoms with Gasteiger partial charge in [0.2, 0.25) is 0 Å². The van der Waals surface area contributed by atoms with Gasteiger partial charge < -0.3 is 0 Å². The van der Waals surface area contributed by atoms with Crippen molar-refractivity contribution in [1.29, 1.82) is 0 Å². The summed E-state index contributed by atoms with van der Waals surface area (Å²) in [6.07, 6.45) is 0. The van der Waals surface area contributed by atoms with Gasteiger partial charge in [0.25, 0.3) is 11.4 Å². The van der Waals surface area contributed by atoms with Gasteiger partial charge in [-0.05, 0) is 0 Å². The van der Waals surface area contributed by atoms with E-state index in [0.29, 0.717) is 0 Å². The summed E-state index contributed by atoms with van der Waals surface area (Å²) in [6.45, 7) is 0. The third kappa shape index (κ3) is 27.4. The average molecular weight is 305 g/mol. The zero-order valence-electron chi connectivity index (χ0n) is 2.71. The fourth-order valence-corrected chi connectivity index (χ4v) is 0. The predicted octanol–water partition coefficient (Wildman–Crippen LogP) is -0.319. The van der Waals surface area contributed by atoms with E-state index in [2.05, 4.69) is 0 Å². The Bertz CT molecular complexity index is 29.9. The van der Waals surface area contributed by atoms with Crippen molar-refractivity contribution in [3.8, 4) is 0 Å². The first kappa shape index (κ1) is 9.83. The number of rotatable bonds is 0. The molecule has 0 aromatic rings. The molecule has 0 saturated carbocycles. The van der Waals surface area contributed by atoms with Crippen molar-refractivity contribution in [3.05, 3.63) is 0 Å². The number of hydrogen-bond donors (Lipinski definition) is 2. The minimum absolute atomic E-state index is 0. The van der Waals surface area contributed by atoms with E-state index >= 15 is 0 Å². The van der Waals surface area contributed by atoms with Crippen LogP contribution < -0.4 is 0 Å². The summed E-state index contributed by atoms with van der Waals surface area (Å²) in [5.41, 5.74) is 0.